The van der Waals surface area contributed by atoms with Crippen LogP contribution in [0.25, 0.3) is 0 Å². The van der Waals surface area contributed by atoms with Crippen LogP contribution in [0.4, 0.5) is 0 Å². The van der Waals surface area contributed by atoms with E-state index in [-0.39, 0.29) is 18.0 Å². The number of ether oxygens (including phenoxy) is 2. The summed E-state index contributed by atoms with van der Waals surface area (Å²) < 4.78 is 10.7. The van der Waals surface area contributed by atoms with Crippen LogP contribution in [-0.2, 0) is 9.47 Å². The molecule has 0 spiro atoms. The zero-order chi connectivity index (χ0) is 19.4. The summed E-state index contributed by atoms with van der Waals surface area (Å²) in [4.78, 5) is 24.1. The van der Waals surface area contributed by atoms with Crippen LogP contribution < -0.4 is 0 Å². The number of hydrogen-bond donors (Lipinski definition) is 0. The lowest BCUT2D eigenvalue weighted by molar-refractivity contribution is 0.0318. The molecular formula is C22H34O4. The molecule has 1 rings (SSSR count). The number of carbonyl (C=O) groups excluding carboxylic acids is 2. The van der Waals surface area contributed by atoms with Gasteiger partial charge in [-0.1, -0.05) is 52.9 Å². The van der Waals surface area contributed by atoms with Crippen LogP contribution in [0.3, 0.4) is 0 Å². The van der Waals surface area contributed by atoms with Gasteiger partial charge in [0, 0.05) is 0 Å². The Kier molecular flexibility index (Phi) is 10.7. The van der Waals surface area contributed by atoms with Gasteiger partial charge < -0.3 is 9.47 Å². The Morgan fingerprint density at radius 3 is 1.96 bits per heavy atom. The van der Waals surface area contributed by atoms with Crippen molar-refractivity contribution in [3.05, 3.63) is 35.4 Å². The third-order valence-electron chi connectivity index (χ3n) is 4.18. The minimum absolute atomic E-state index is 0.0932. The molecule has 0 bridgehead atoms. The van der Waals surface area contributed by atoms with Crippen molar-refractivity contribution in [2.75, 3.05) is 6.61 Å². The topological polar surface area (TPSA) is 52.6 Å². The molecule has 0 saturated heterocycles. The smallest absolute Gasteiger partial charge is 0.338 e. The maximum atomic E-state index is 12.2. The fraction of sp³-hybridized carbons (Fsp3) is 0.636. The molecule has 0 radical (unpaired) electrons. The van der Waals surface area contributed by atoms with E-state index in [0.29, 0.717) is 23.7 Å². The van der Waals surface area contributed by atoms with E-state index in [9.17, 15) is 9.59 Å². The third-order valence-corrected chi connectivity index (χ3v) is 4.18. The number of hydrogen-bond acceptors (Lipinski definition) is 4. The van der Waals surface area contributed by atoms with Gasteiger partial charge in [-0.15, -0.1) is 0 Å². The molecule has 0 aliphatic rings. The first kappa shape index (κ1) is 22.2. The summed E-state index contributed by atoms with van der Waals surface area (Å²) in [5.74, 6) is -0.415. The second kappa shape index (κ2) is 12.5. The SMILES string of the molecule is CCCCCCCCC(C)OC(=O)c1ccc(C(=O)OCC(C)C)cc1. The van der Waals surface area contributed by atoms with Gasteiger partial charge in [0.25, 0.3) is 0 Å². The lowest BCUT2D eigenvalue weighted by Gasteiger charge is -2.13. The van der Waals surface area contributed by atoms with Crippen molar-refractivity contribution in [2.45, 2.75) is 78.7 Å². The number of rotatable bonds is 12. The quantitative estimate of drug-likeness (QED) is 0.348. The molecule has 4 nitrogen and oxygen atoms in total. The summed E-state index contributed by atoms with van der Waals surface area (Å²) in [6.07, 6.45) is 8.16. The summed E-state index contributed by atoms with van der Waals surface area (Å²) in [6, 6.07) is 6.45. The van der Waals surface area contributed by atoms with Crippen molar-refractivity contribution in [2.24, 2.45) is 5.92 Å². The van der Waals surface area contributed by atoms with Crippen molar-refractivity contribution in [1.82, 2.24) is 0 Å². The Bertz CT molecular complexity index is 534. The average Bonchev–Trinajstić information content (AvgIpc) is 2.62. The van der Waals surface area contributed by atoms with Crippen LogP contribution in [0.15, 0.2) is 24.3 Å². The van der Waals surface area contributed by atoms with E-state index in [1.54, 1.807) is 24.3 Å². The van der Waals surface area contributed by atoms with E-state index in [1.165, 1.54) is 32.1 Å². The second-order valence-electron chi connectivity index (χ2n) is 7.34. The van der Waals surface area contributed by atoms with Crippen LogP contribution in [-0.4, -0.2) is 24.6 Å². The van der Waals surface area contributed by atoms with Gasteiger partial charge in [0.2, 0.25) is 0 Å². The first-order valence-electron chi connectivity index (χ1n) is 9.92. The lowest BCUT2D eigenvalue weighted by atomic mass is 10.1. The summed E-state index contributed by atoms with van der Waals surface area (Å²) in [6.45, 7) is 8.50. The molecule has 0 aliphatic carbocycles. The zero-order valence-electron chi connectivity index (χ0n) is 16.8. The van der Waals surface area contributed by atoms with Crippen LogP contribution in [0.1, 0.15) is 93.4 Å². The Morgan fingerprint density at radius 2 is 1.38 bits per heavy atom. The summed E-state index contributed by atoms with van der Waals surface area (Å²) in [5, 5.41) is 0. The van der Waals surface area contributed by atoms with Gasteiger partial charge >= 0.3 is 11.9 Å². The highest BCUT2D eigenvalue weighted by Gasteiger charge is 2.14. The summed E-state index contributed by atoms with van der Waals surface area (Å²) in [7, 11) is 0. The fourth-order valence-corrected chi connectivity index (χ4v) is 2.59. The van der Waals surface area contributed by atoms with Gasteiger partial charge in [0.05, 0.1) is 23.8 Å². The number of unbranched alkanes of at least 4 members (excludes halogenated alkanes) is 5. The minimum Gasteiger partial charge on any atom is -0.462 e. The molecule has 26 heavy (non-hydrogen) atoms. The molecule has 4 heteroatoms. The minimum atomic E-state index is -0.366. The van der Waals surface area contributed by atoms with Gasteiger partial charge in [0.1, 0.15) is 0 Å². The number of benzene rings is 1. The fourth-order valence-electron chi connectivity index (χ4n) is 2.59. The molecular weight excluding hydrogens is 328 g/mol. The summed E-state index contributed by atoms with van der Waals surface area (Å²) in [5.41, 5.74) is 0.905. The highest BCUT2D eigenvalue weighted by Crippen LogP contribution is 2.13. The average molecular weight is 363 g/mol. The Hall–Kier alpha value is -1.84. The van der Waals surface area contributed by atoms with Crippen molar-refractivity contribution in [3.8, 4) is 0 Å². The Labute approximate surface area is 158 Å². The molecule has 1 atom stereocenters. The van der Waals surface area contributed by atoms with Gasteiger partial charge in [0.15, 0.2) is 0 Å². The van der Waals surface area contributed by atoms with Crippen LogP contribution in [0, 0.1) is 5.92 Å². The summed E-state index contributed by atoms with van der Waals surface area (Å²) >= 11 is 0. The van der Waals surface area contributed by atoms with E-state index < -0.39 is 0 Å². The van der Waals surface area contributed by atoms with Gasteiger partial charge in [-0.25, -0.2) is 9.59 Å². The number of esters is 2. The van der Waals surface area contributed by atoms with E-state index in [0.717, 1.165) is 12.8 Å². The molecule has 0 N–H and O–H groups in total. The monoisotopic (exact) mass is 362 g/mol. The molecule has 0 aliphatic heterocycles. The van der Waals surface area contributed by atoms with Gasteiger partial charge in [-0.3, -0.25) is 0 Å². The molecule has 0 amide bonds. The maximum absolute atomic E-state index is 12.2. The predicted octanol–water partition coefficient (Wildman–Crippen LogP) is 5.80. The highest BCUT2D eigenvalue weighted by atomic mass is 16.5. The highest BCUT2D eigenvalue weighted by molar-refractivity contribution is 5.93. The molecule has 0 heterocycles. The Balaban J connectivity index is 2.36. The zero-order valence-corrected chi connectivity index (χ0v) is 16.8. The van der Waals surface area contributed by atoms with Crippen molar-refractivity contribution in [3.63, 3.8) is 0 Å². The van der Waals surface area contributed by atoms with Crippen LogP contribution in [0.2, 0.25) is 0 Å². The molecule has 1 aromatic rings. The third kappa shape index (κ3) is 9.02. The number of carbonyl (C=O) groups is 2. The van der Waals surface area contributed by atoms with Crippen molar-refractivity contribution < 1.29 is 19.1 Å². The maximum Gasteiger partial charge on any atom is 0.338 e. The first-order chi connectivity index (χ1) is 12.4. The van der Waals surface area contributed by atoms with E-state index in [1.807, 2.05) is 20.8 Å². The Morgan fingerprint density at radius 1 is 0.846 bits per heavy atom. The van der Waals surface area contributed by atoms with E-state index in [4.69, 9.17) is 9.47 Å². The first-order valence-corrected chi connectivity index (χ1v) is 9.92. The van der Waals surface area contributed by atoms with Gasteiger partial charge in [-0.2, -0.15) is 0 Å². The molecule has 0 aromatic heterocycles. The lowest BCUT2D eigenvalue weighted by Crippen LogP contribution is -2.15. The van der Waals surface area contributed by atoms with Crippen LogP contribution >= 0.6 is 0 Å². The van der Waals surface area contributed by atoms with E-state index >= 15 is 0 Å². The predicted molar refractivity (Wildman–Crippen MR) is 104 cm³/mol. The molecule has 0 fully saturated rings. The van der Waals surface area contributed by atoms with Crippen LogP contribution in [0.5, 0.6) is 0 Å². The molecule has 146 valence electrons. The second-order valence-corrected chi connectivity index (χ2v) is 7.34. The van der Waals surface area contributed by atoms with Gasteiger partial charge in [-0.05, 0) is 49.9 Å². The van der Waals surface area contributed by atoms with Crippen molar-refractivity contribution >= 4 is 11.9 Å². The van der Waals surface area contributed by atoms with E-state index in [2.05, 4.69) is 6.92 Å². The standard InChI is InChI=1S/C22H34O4/c1-5-6-7-8-9-10-11-18(4)26-22(24)20-14-12-19(13-15-20)21(23)25-16-17(2)3/h12-15,17-18H,5-11,16H2,1-4H3. The molecule has 0 saturated carbocycles. The largest absolute Gasteiger partial charge is 0.462 e. The van der Waals surface area contributed by atoms with Crippen molar-refractivity contribution in [1.29, 1.82) is 0 Å². The molecule has 1 unspecified atom stereocenters. The normalized spacial score (nSPS) is 12.0. The molecule has 1 aromatic carbocycles.